The average Bonchev–Trinajstić information content (AvgIpc) is 3.23. The van der Waals surface area contributed by atoms with Crippen molar-refractivity contribution in [2.24, 2.45) is 7.05 Å². The molecule has 1 fully saturated rings. The van der Waals surface area contributed by atoms with Crippen molar-refractivity contribution in [2.45, 2.75) is 24.0 Å². The number of amides is 1. The van der Waals surface area contributed by atoms with Crippen molar-refractivity contribution in [1.29, 1.82) is 0 Å². The van der Waals surface area contributed by atoms with Crippen LogP contribution in [0.5, 0.6) is 0 Å². The zero-order chi connectivity index (χ0) is 21.5. The number of aryl methyl sites for hydroxylation is 1. The van der Waals surface area contributed by atoms with Crippen molar-refractivity contribution in [2.75, 3.05) is 35.6 Å². The quantitative estimate of drug-likeness (QED) is 0.414. The number of aromatic nitrogens is 4. The Balaban J connectivity index is 1.19. The van der Waals surface area contributed by atoms with Crippen LogP contribution in [0.25, 0.3) is 0 Å². The van der Waals surface area contributed by atoms with Gasteiger partial charge in [-0.1, -0.05) is 11.8 Å². The minimum absolute atomic E-state index is 0.256. The maximum absolute atomic E-state index is 12.2. The fourth-order valence-electron chi connectivity index (χ4n) is 3.61. The lowest BCUT2D eigenvalue weighted by Gasteiger charge is -2.34. The molecule has 162 valence electrons. The molecule has 2 aromatic heterocycles. The van der Waals surface area contributed by atoms with Crippen molar-refractivity contribution in [1.82, 2.24) is 24.8 Å². The fourth-order valence-corrected chi connectivity index (χ4v) is 4.41. The number of rotatable bonds is 8. The number of piperidine rings is 1. The number of nitrogens with zero attached hydrogens (tertiary/aromatic N) is 5. The van der Waals surface area contributed by atoms with Crippen LogP contribution in [0.1, 0.15) is 23.3 Å². The van der Waals surface area contributed by atoms with Crippen molar-refractivity contribution >= 4 is 29.0 Å². The zero-order valence-electron chi connectivity index (χ0n) is 17.6. The Bertz CT molecular complexity index is 969. The predicted octanol–water partition coefficient (Wildman–Crippen LogP) is 2.81. The van der Waals surface area contributed by atoms with E-state index in [1.54, 1.807) is 18.0 Å². The largest absolute Gasteiger partial charge is 0.371 e. The van der Waals surface area contributed by atoms with Crippen LogP contribution in [0.15, 0.2) is 60.4 Å². The summed E-state index contributed by atoms with van der Waals surface area (Å²) in [6.45, 7) is 3.04. The minimum atomic E-state index is -0.256. The first-order valence-corrected chi connectivity index (χ1v) is 11.4. The second-order valence-electron chi connectivity index (χ2n) is 7.48. The number of hydrogen-bond acceptors (Lipinski definition) is 7. The Morgan fingerprint density at radius 2 is 1.94 bits per heavy atom. The number of imidazole rings is 1. The molecule has 1 aliphatic heterocycles. The van der Waals surface area contributed by atoms with Gasteiger partial charge in [0.05, 0.1) is 6.20 Å². The number of carbonyl (C=O) groups excluding carboxylic acids is 1. The number of thioether (sulfide) groups is 1. The first kappa shape index (κ1) is 21.3. The highest BCUT2D eigenvalue weighted by Gasteiger charge is 2.19. The molecule has 3 aromatic rings. The van der Waals surface area contributed by atoms with Gasteiger partial charge in [0.15, 0.2) is 5.16 Å². The molecular formula is C22H27N7OS. The van der Waals surface area contributed by atoms with E-state index >= 15 is 0 Å². The van der Waals surface area contributed by atoms with Gasteiger partial charge < -0.3 is 20.1 Å². The molecular weight excluding hydrogens is 410 g/mol. The van der Waals surface area contributed by atoms with Gasteiger partial charge in [-0.25, -0.2) is 9.97 Å². The topological polar surface area (TPSA) is 88.0 Å². The molecule has 9 heteroatoms. The van der Waals surface area contributed by atoms with Gasteiger partial charge in [0.2, 0.25) is 0 Å². The summed E-state index contributed by atoms with van der Waals surface area (Å²) in [7, 11) is 2.02. The van der Waals surface area contributed by atoms with Gasteiger partial charge in [-0.05, 0) is 37.1 Å². The van der Waals surface area contributed by atoms with Crippen molar-refractivity contribution < 1.29 is 4.79 Å². The molecule has 0 atom stereocenters. The number of hydrogen-bond donors (Lipinski definition) is 2. The van der Waals surface area contributed by atoms with Crippen LogP contribution >= 0.6 is 11.8 Å². The number of benzene rings is 1. The molecule has 8 nitrogen and oxygen atoms in total. The van der Waals surface area contributed by atoms with E-state index in [2.05, 4.69) is 47.2 Å². The summed E-state index contributed by atoms with van der Waals surface area (Å²) in [5.41, 5.74) is 2.24. The van der Waals surface area contributed by atoms with Crippen molar-refractivity contribution in [3.63, 3.8) is 0 Å². The number of anilines is 2. The molecule has 3 heterocycles. The minimum Gasteiger partial charge on any atom is -0.371 e. The van der Waals surface area contributed by atoms with Crippen LogP contribution in [0.2, 0.25) is 0 Å². The summed E-state index contributed by atoms with van der Waals surface area (Å²) < 4.78 is 2.05. The third-order valence-corrected chi connectivity index (χ3v) is 6.38. The first-order valence-electron chi connectivity index (χ1n) is 10.4. The van der Waals surface area contributed by atoms with Crippen molar-refractivity contribution in [3.8, 4) is 0 Å². The zero-order valence-corrected chi connectivity index (χ0v) is 18.4. The second kappa shape index (κ2) is 10.4. The predicted molar refractivity (Wildman–Crippen MR) is 124 cm³/mol. The van der Waals surface area contributed by atoms with Crippen LogP contribution in [0.3, 0.4) is 0 Å². The van der Waals surface area contributed by atoms with E-state index in [0.29, 0.717) is 11.7 Å². The van der Waals surface area contributed by atoms with Gasteiger partial charge in [0.25, 0.3) is 5.91 Å². The van der Waals surface area contributed by atoms with Crippen LogP contribution in [0.4, 0.5) is 11.4 Å². The van der Waals surface area contributed by atoms with Crippen LogP contribution in [0, 0.1) is 0 Å². The van der Waals surface area contributed by atoms with Gasteiger partial charge >= 0.3 is 0 Å². The molecule has 0 aliphatic carbocycles. The molecule has 1 aliphatic rings. The third kappa shape index (κ3) is 5.83. The fraction of sp³-hybridized carbons (Fsp3) is 0.364. The lowest BCUT2D eigenvalue weighted by atomic mass is 10.0. The van der Waals surface area contributed by atoms with E-state index in [-0.39, 0.29) is 5.91 Å². The molecule has 31 heavy (non-hydrogen) atoms. The third-order valence-electron chi connectivity index (χ3n) is 5.32. The second-order valence-corrected chi connectivity index (χ2v) is 8.54. The Hall–Kier alpha value is -2.91. The van der Waals surface area contributed by atoms with E-state index < -0.39 is 0 Å². The normalized spacial score (nSPS) is 14.5. The van der Waals surface area contributed by atoms with E-state index in [9.17, 15) is 4.79 Å². The molecule has 0 bridgehead atoms. The molecule has 1 saturated heterocycles. The lowest BCUT2D eigenvalue weighted by molar-refractivity contribution is 0.102. The van der Waals surface area contributed by atoms with E-state index in [0.717, 1.165) is 49.1 Å². The standard InChI is InChI=1S/C22H27N7OS/c1-28-14-10-26-22(28)31-15-11-24-17-6-12-29(13-7-17)19-4-2-18(3-5-19)27-21(30)20-16-23-8-9-25-20/h2-5,8-10,14,16-17,24H,6-7,11-13,15H2,1H3,(H,27,30). The first-order chi connectivity index (χ1) is 15.2. The molecule has 0 spiro atoms. The molecule has 2 N–H and O–H groups in total. The van der Waals surface area contributed by atoms with Gasteiger partial charge in [-0.15, -0.1) is 0 Å². The van der Waals surface area contributed by atoms with Gasteiger partial charge in [-0.3, -0.25) is 9.78 Å². The molecule has 0 radical (unpaired) electrons. The van der Waals surface area contributed by atoms with Crippen LogP contribution in [-0.4, -0.2) is 56.9 Å². The number of nitrogens with one attached hydrogen (secondary N) is 2. The SMILES string of the molecule is Cn1ccnc1SCCNC1CCN(c2ccc(NC(=O)c3cnccn3)cc2)CC1. The Morgan fingerprint density at radius 1 is 1.13 bits per heavy atom. The van der Waals surface area contributed by atoms with Gasteiger partial charge in [-0.2, -0.15) is 0 Å². The maximum atomic E-state index is 12.2. The Labute approximate surface area is 186 Å². The van der Waals surface area contributed by atoms with E-state index in [4.69, 9.17) is 0 Å². The van der Waals surface area contributed by atoms with Crippen LogP contribution < -0.4 is 15.5 Å². The average molecular weight is 438 g/mol. The number of carbonyl (C=O) groups is 1. The summed E-state index contributed by atoms with van der Waals surface area (Å²) in [4.78, 5) is 26.9. The van der Waals surface area contributed by atoms with Crippen molar-refractivity contribution in [3.05, 3.63) is 60.9 Å². The van der Waals surface area contributed by atoms with Gasteiger partial charge in [0.1, 0.15) is 5.69 Å². The summed E-state index contributed by atoms with van der Waals surface area (Å²) in [6.07, 6.45) is 10.6. The highest BCUT2D eigenvalue weighted by atomic mass is 32.2. The molecule has 4 rings (SSSR count). The smallest absolute Gasteiger partial charge is 0.275 e. The molecule has 0 saturated carbocycles. The lowest BCUT2D eigenvalue weighted by Crippen LogP contribution is -2.43. The highest BCUT2D eigenvalue weighted by Crippen LogP contribution is 2.22. The van der Waals surface area contributed by atoms with Gasteiger partial charge in [0, 0.05) is 74.6 Å². The van der Waals surface area contributed by atoms with E-state index in [1.165, 1.54) is 18.1 Å². The Kier molecular flexibility index (Phi) is 7.16. The maximum Gasteiger partial charge on any atom is 0.275 e. The van der Waals surface area contributed by atoms with Crippen LogP contribution in [-0.2, 0) is 7.05 Å². The molecule has 1 amide bonds. The summed E-state index contributed by atoms with van der Waals surface area (Å²) in [5.74, 6) is 0.765. The highest BCUT2D eigenvalue weighted by molar-refractivity contribution is 7.99. The monoisotopic (exact) mass is 437 g/mol. The Morgan fingerprint density at radius 3 is 2.61 bits per heavy atom. The molecule has 0 unspecified atom stereocenters. The molecule has 1 aromatic carbocycles. The summed E-state index contributed by atoms with van der Waals surface area (Å²) in [6, 6.07) is 8.54. The van der Waals surface area contributed by atoms with E-state index in [1.807, 2.05) is 31.6 Å². The summed E-state index contributed by atoms with van der Waals surface area (Å²) in [5, 5.41) is 7.60. The summed E-state index contributed by atoms with van der Waals surface area (Å²) >= 11 is 1.79.